The number of aliphatic hydroxyl groups is 1. The Morgan fingerprint density at radius 2 is 2.14 bits per heavy atom. The van der Waals surface area contributed by atoms with Gasteiger partial charge in [0.2, 0.25) is 0 Å². The van der Waals surface area contributed by atoms with Crippen LogP contribution in [0.5, 0.6) is 0 Å². The van der Waals surface area contributed by atoms with Crippen LogP contribution < -0.4 is 0 Å². The number of nitrogens with zero attached hydrogens (tertiary/aromatic N) is 1. The maximum Gasteiger partial charge on any atom is 0.251 e. The average molecular weight is 207 g/mol. The topological polar surface area (TPSA) is 23.5 Å². The van der Waals surface area contributed by atoms with Crippen LogP contribution >= 0.6 is 0 Å². The Morgan fingerprint density at radius 3 is 2.64 bits per heavy atom. The van der Waals surface area contributed by atoms with E-state index in [0.717, 1.165) is 25.7 Å². The summed E-state index contributed by atoms with van der Waals surface area (Å²) in [7, 11) is 1.70. The molecule has 0 bridgehead atoms. The van der Waals surface area contributed by atoms with E-state index >= 15 is 0 Å². The van der Waals surface area contributed by atoms with E-state index in [4.69, 9.17) is 0 Å². The molecule has 0 heterocycles. The Kier molecular flexibility index (Phi) is 4.75. The minimum Gasteiger partial charge on any atom is -0.393 e. The average Bonchev–Trinajstić information content (AvgIpc) is 2.46. The summed E-state index contributed by atoms with van der Waals surface area (Å²) in [6.07, 6.45) is 1.38. The predicted molar refractivity (Wildman–Crippen MR) is 51.5 cm³/mol. The second kappa shape index (κ2) is 5.61. The highest BCUT2D eigenvalue weighted by atomic mass is 19.3. The van der Waals surface area contributed by atoms with E-state index < -0.39 is 6.43 Å². The van der Waals surface area contributed by atoms with Crippen molar-refractivity contribution in [1.29, 1.82) is 0 Å². The molecule has 0 aromatic rings. The molecule has 0 aliphatic heterocycles. The maximum absolute atomic E-state index is 12.0. The second-order valence-electron chi connectivity index (χ2n) is 4.20. The summed E-state index contributed by atoms with van der Waals surface area (Å²) in [5.41, 5.74) is 0. The highest BCUT2D eigenvalue weighted by molar-refractivity contribution is 4.77. The van der Waals surface area contributed by atoms with Gasteiger partial charge in [0, 0.05) is 0 Å². The zero-order valence-electron chi connectivity index (χ0n) is 8.63. The number of hydrogen-bond acceptors (Lipinski definition) is 2. The molecule has 1 N–H and O–H groups in total. The van der Waals surface area contributed by atoms with Gasteiger partial charge in [0.25, 0.3) is 6.43 Å². The summed E-state index contributed by atoms with van der Waals surface area (Å²) < 4.78 is 23.9. The van der Waals surface area contributed by atoms with E-state index in [-0.39, 0.29) is 12.6 Å². The van der Waals surface area contributed by atoms with Crippen LogP contribution in [0.2, 0.25) is 0 Å². The fraction of sp³-hybridized carbons (Fsp3) is 1.00. The normalized spacial score (nSPS) is 27.9. The number of halogens is 2. The van der Waals surface area contributed by atoms with Gasteiger partial charge in [-0.1, -0.05) is 6.42 Å². The predicted octanol–water partition coefficient (Wildman–Crippen LogP) is 1.73. The van der Waals surface area contributed by atoms with Crippen LogP contribution in [0.1, 0.15) is 25.7 Å². The lowest BCUT2D eigenvalue weighted by Crippen LogP contribution is -2.28. The zero-order valence-corrected chi connectivity index (χ0v) is 8.63. The highest BCUT2D eigenvalue weighted by Crippen LogP contribution is 2.28. The van der Waals surface area contributed by atoms with Gasteiger partial charge in [-0.25, -0.2) is 8.78 Å². The lowest BCUT2D eigenvalue weighted by atomic mass is 10.0. The third-order valence-corrected chi connectivity index (χ3v) is 2.95. The first-order valence-electron chi connectivity index (χ1n) is 5.24. The number of alkyl halides is 2. The van der Waals surface area contributed by atoms with Gasteiger partial charge in [-0.3, -0.25) is 0 Å². The molecule has 1 saturated carbocycles. The molecule has 0 aromatic heterocycles. The summed E-state index contributed by atoms with van der Waals surface area (Å²) in [6, 6.07) is 0. The third kappa shape index (κ3) is 3.88. The van der Waals surface area contributed by atoms with Gasteiger partial charge >= 0.3 is 0 Å². The molecule has 0 amide bonds. The van der Waals surface area contributed by atoms with E-state index in [0.29, 0.717) is 12.5 Å². The Bertz CT molecular complexity index is 166. The molecule has 2 unspecified atom stereocenters. The lowest BCUT2D eigenvalue weighted by molar-refractivity contribution is 0.0871. The zero-order chi connectivity index (χ0) is 10.6. The molecular weight excluding hydrogens is 188 g/mol. The smallest absolute Gasteiger partial charge is 0.251 e. The Hall–Kier alpha value is -0.220. The molecule has 2 atom stereocenters. The SMILES string of the molecule is CN(CCC1CCCC1O)CC(F)F. The molecule has 1 aliphatic rings. The van der Waals surface area contributed by atoms with Crippen LogP contribution in [0.15, 0.2) is 0 Å². The van der Waals surface area contributed by atoms with Crippen molar-refractivity contribution < 1.29 is 13.9 Å². The minimum absolute atomic E-state index is 0.164. The van der Waals surface area contributed by atoms with Crippen molar-refractivity contribution >= 4 is 0 Å². The Labute approximate surface area is 83.9 Å². The van der Waals surface area contributed by atoms with Crippen LogP contribution in [0, 0.1) is 5.92 Å². The Morgan fingerprint density at radius 1 is 1.43 bits per heavy atom. The van der Waals surface area contributed by atoms with Crippen molar-refractivity contribution in [3.05, 3.63) is 0 Å². The molecule has 2 nitrogen and oxygen atoms in total. The van der Waals surface area contributed by atoms with E-state index in [1.165, 1.54) is 0 Å². The number of hydrogen-bond donors (Lipinski definition) is 1. The molecule has 1 aliphatic carbocycles. The monoisotopic (exact) mass is 207 g/mol. The fourth-order valence-electron chi connectivity index (χ4n) is 2.07. The van der Waals surface area contributed by atoms with E-state index in [2.05, 4.69) is 0 Å². The fourth-order valence-corrected chi connectivity index (χ4v) is 2.07. The molecule has 14 heavy (non-hydrogen) atoms. The molecule has 4 heteroatoms. The minimum atomic E-state index is -2.26. The van der Waals surface area contributed by atoms with E-state index in [1.807, 2.05) is 0 Å². The first kappa shape index (κ1) is 11.9. The summed E-state index contributed by atoms with van der Waals surface area (Å²) in [5, 5.41) is 9.52. The van der Waals surface area contributed by atoms with Crippen molar-refractivity contribution in [2.24, 2.45) is 5.92 Å². The van der Waals surface area contributed by atoms with Crippen molar-refractivity contribution in [2.75, 3.05) is 20.1 Å². The largest absolute Gasteiger partial charge is 0.393 e. The van der Waals surface area contributed by atoms with Crippen molar-refractivity contribution in [3.63, 3.8) is 0 Å². The van der Waals surface area contributed by atoms with Crippen molar-refractivity contribution in [1.82, 2.24) is 4.90 Å². The summed E-state index contributed by atoms with van der Waals surface area (Å²) >= 11 is 0. The van der Waals surface area contributed by atoms with E-state index in [9.17, 15) is 13.9 Å². The van der Waals surface area contributed by atoms with Crippen molar-refractivity contribution in [2.45, 2.75) is 38.2 Å². The summed E-state index contributed by atoms with van der Waals surface area (Å²) in [6.45, 7) is 0.495. The van der Waals surface area contributed by atoms with Gasteiger partial charge < -0.3 is 10.0 Å². The molecular formula is C10H19F2NO. The number of aliphatic hydroxyl groups excluding tert-OH is 1. The van der Waals surface area contributed by atoms with E-state index in [1.54, 1.807) is 11.9 Å². The standard InChI is InChI=1S/C10H19F2NO/c1-13(7-10(11)12)6-5-8-3-2-4-9(8)14/h8-10,14H,2-7H2,1H3. The molecule has 0 radical (unpaired) electrons. The third-order valence-electron chi connectivity index (χ3n) is 2.95. The number of rotatable bonds is 5. The maximum atomic E-state index is 12.0. The van der Waals surface area contributed by atoms with Crippen LogP contribution in [-0.2, 0) is 0 Å². The Balaban J connectivity index is 2.13. The molecule has 0 spiro atoms. The van der Waals surface area contributed by atoms with Gasteiger partial charge in [-0.05, 0) is 38.8 Å². The second-order valence-corrected chi connectivity index (χ2v) is 4.20. The molecule has 1 fully saturated rings. The first-order valence-corrected chi connectivity index (χ1v) is 5.24. The van der Waals surface area contributed by atoms with Crippen LogP contribution in [0.25, 0.3) is 0 Å². The lowest BCUT2D eigenvalue weighted by Gasteiger charge is -2.20. The summed E-state index contributed by atoms with van der Waals surface area (Å²) in [4.78, 5) is 1.63. The van der Waals surface area contributed by atoms with Gasteiger partial charge in [-0.2, -0.15) is 0 Å². The molecule has 0 saturated heterocycles. The van der Waals surface area contributed by atoms with Gasteiger partial charge in [0.05, 0.1) is 12.6 Å². The first-order chi connectivity index (χ1) is 6.59. The van der Waals surface area contributed by atoms with Gasteiger partial charge in [0.1, 0.15) is 0 Å². The van der Waals surface area contributed by atoms with Crippen molar-refractivity contribution in [3.8, 4) is 0 Å². The van der Waals surface area contributed by atoms with Crippen LogP contribution in [-0.4, -0.2) is 42.7 Å². The molecule has 1 rings (SSSR count). The quantitative estimate of drug-likeness (QED) is 0.742. The van der Waals surface area contributed by atoms with Crippen LogP contribution in [0.3, 0.4) is 0 Å². The summed E-state index contributed by atoms with van der Waals surface area (Å²) in [5.74, 6) is 0.329. The van der Waals surface area contributed by atoms with Crippen LogP contribution in [0.4, 0.5) is 8.78 Å². The highest BCUT2D eigenvalue weighted by Gasteiger charge is 2.25. The van der Waals surface area contributed by atoms with Gasteiger partial charge in [-0.15, -0.1) is 0 Å². The van der Waals surface area contributed by atoms with Gasteiger partial charge in [0.15, 0.2) is 0 Å². The molecule has 0 aromatic carbocycles. The molecule has 84 valence electrons.